The molecule has 0 unspecified atom stereocenters. The number of nitrogens with zero attached hydrogens (tertiary/aromatic N) is 1. The molecular weight excluding hydrogens is 630 g/mol. The van der Waals surface area contributed by atoms with Crippen molar-refractivity contribution in [3.63, 3.8) is 0 Å². The third kappa shape index (κ3) is 7.99. The van der Waals surface area contributed by atoms with Gasteiger partial charge in [-0.1, -0.05) is 34.1 Å². The Morgan fingerprint density at radius 2 is 1.76 bits per heavy atom. The lowest BCUT2D eigenvalue weighted by molar-refractivity contribution is -0.301. The zero-order valence-corrected chi connectivity index (χ0v) is 31.3. The average Bonchev–Trinajstić information content (AvgIpc) is 3.81. The molecule has 6 rings (SSSR count). The number of Topliss-reactive ketones (excluding diaryl/α,β-unsaturated/α-hetero) is 1. The topological polar surface area (TPSA) is 145 Å². The van der Waals surface area contributed by atoms with Crippen LogP contribution >= 0.6 is 0 Å². The van der Waals surface area contributed by atoms with E-state index in [2.05, 4.69) is 24.5 Å². The number of rotatable bonds is 8. The van der Waals surface area contributed by atoms with Gasteiger partial charge < -0.3 is 44.3 Å². The number of fused-ring (bicyclic) bond motifs is 10. The van der Waals surface area contributed by atoms with Gasteiger partial charge in [-0.3, -0.25) is 9.59 Å². The van der Waals surface area contributed by atoms with E-state index in [0.717, 1.165) is 25.3 Å². The highest BCUT2D eigenvalue weighted by atomic mass is 16.7. The quantitative estimate of drug-likeness (QED) is 0.252. The molecule has 3 N–H and O–H groups in total. The SMILES string of the molecule is CC[C@H]1OC(=O)[C@]2(C)CCO[C@](C)(C[C@@H](C)CC[C@H](C)[C@H]3NC(=O)O[C@@]31C)[C@H](O[C@@H]1O[C@H](CNCC3CC3)C[C@H](N(C)C)[C@H]1O)[C@@H](C)C2=O. The number of alkyl carbamates (subject to hydrolysis) is 1. The smallest absolute Gasteiger partial charge is 0.408 e. The maximum Gasteiger partial charge on any atom is 0.408 e. The molecule has 49 heavy (non-hydrogen) atoms. The van der Waals surface area contributed by atoms with Crippen LogP contribution in [0.3, 0.4) is 0 Å². The number of ketones is 1. The number of carbonyl (C=O) groups is 3. The summed E-state index contributed by atoms with van der Waals surface area (Å²) in [5.74, 6) is -0.857. The fourth-order valence-electron chi connectivity index (χ4n) is 9.00. The van der Waals surface area contributed by atoms with E-state index in [1.165, 1.54) is 12.8 Å². The summed E-state index contributed by atoms with van der Waals surface area (Å²) >= 11 is 0. The number of amides is 1. The number of carbonyl (C=O) groups excluding carboxylic acids is 3. The van der Waals surface area contributed by atoms with Gasteiger partial charge in [-0.05, 0) is 104 Å². The zero-order chi connectivity index (χ0) is 35.9. The minimum absolute atomic E-state index is 0.0206. The Morgan fingerprint density at radius 3 is 2.41 bits per heavy atom. The predicted molar refractivity (Wildman–Crippen MR) is 183 cm³/mol. The van der Waals surface area contributed by atoms with Crippen LogP contribution in [0.5, 0.6) is 0 Å². The summed E-state index contributed by atoms with van der Waals surface area (Å²) in [6.07, 6.45) is 1.60. The number of ether oxygens (including phenoxy) is 5. The highest BCUT2D eigenvalue weighted by molar-refractivity contribution is 6.04. The number of likely N-dealkylation sites (N-methyl/N-ethyl adjacent to an activating group) is 1. The minimum atomic E-state index is -1.54. The number of hydrogen-bond acceptors (Lipinski definition) is 11. The van der Waals surface area contributed by atoms with Gasteiger partial charge in [-0.25, -0.2) is 4.79 Å². The summed E-state index contributed by atoms with van der Waals surface area (Å²) in [6.45, 7) is 15.1. The standard InChI is InChI=1S/C37H63N3O9/c1-10-27-37(7)29(39-34(44)49-37)22(3)12-11-21(2)18-36(6)31(23(4)30(42)35(5,15-16-45-36)33(43)47-27)48-32-28(41)26(40(8)9)17-25(46-32)20-38-19-24-13-14-24/h21-29,31-32,38,41H,10-20H2,1-9H3,(H,39,44)/t21-,22-,23-,25-,26-,27+,28+,29+,31+,32-,35+,36+,37+/m0/s1. The number of nitrogens with one attached hydrogen (secondary N) is 2. The van der Waals surface area contributed by atoms with E-state index in [-0.39, 0.29) is 48.8 Å². The minimum Gasteiger partial charge on any atom is -0.457 e. The van der Waals surface area contributed by atoms with Gasteiger partial charge in [0.25, 0.3) is 0 Å². The Morgan fingerprint density at radius 1 is 1.04 bits per heavy atom. The van der Waals surface area contributed by atoms with Crippen LogP contribution in [0, 0.1) is 29.1 Å². The van der Waals surface area contributed by atoms with Crippen molar-refractivity contribution >= 4 is 17.8 Å². The van der Waals surface area contributed by atoms with E-state index in [1.807, 2.05) is 39.8 Å². The van der Waals surface area contributed by atoms with Gasteiger partial charge in [0.15, 0.2) is 17.7 Å². The summed E-state index contributed by atoms with van der Waals surface area (Å²) in [4.78, 5) is 43.5. The van der Waals surface area contributed by atoms with Gasteiger partial charge >= 0.3 is 12.1 Å². The molecule has 5 saturated heterocycles. The maximum absolute atomic E-state index is 14.7. The molecule has 2 bridgehead atoms. The van der Waals surface area contributed by atoms with Crippen molar-refractivity contribution in [2.45, 2.75) is 154 Å². The zero-order valence-electron chi connectivity index (χ0n) is 31.3. The van der Waals surface area contributed by atoms with Crippen LogP contribution in [0.1, 0.15) is 99.8 Å². The molecule has 1 saturated carbocycles. The van der Waals surface area contributed by atoms with Crippen LogP contribution in [0.2, 0.25) is 0 Å². The van der Waals surface area contributed by atoms with Crippen molar-refractivity contribution in [1.82, 2.24) is 15.5 Å². The second-order valence-corrected chi connectivity index (χ2v) is 16.8. The third-order valence-corrected chi connectivity index (χ3v) is 12.3. The number of aliphatic hydroxyl groups is 1. The fourth-order valence-corrected chi connectivity index (χ4v) is 9.00. The van der Waals surface area contributed by atoms with Crippen LogP contribution in [0.15, 0.2) is 0 Å². The number of hydrogen-bond donors (Lipinski definition) is 3. The van der Waals surface area contributed by atoms with Crippen LogP contribution < -0.4 is 10.6 Å². The average molecular weight is 694 g/mol. The first-order valence-corrected chi connectivity index (χ1v) is 18.8. The molecule has 1 amide bonds. The lowest BCUT2D eigenvalue weighted by atomic mass is 9.70. The van der Waals surface area contributed by atoms with Crippen molar-refractivity contribution in [2.75, 3.05) is 33.8 Å². The number of aliphatic hydroxyl groups excluding tert-OH is 1. The fraction of sp³-hybridized carbons (Fsp3) is 0.919. The van der Waals surface area contributed by atoms with Crippen LogP contribution in [0.4, 0.5) is 4.79 Å². The summed E-state index contributed by atoms with van der Waals surface area (Å²) in [6, 6.07) is -0.587. The first-order chi connectivity index (χ1) is 23.0. The summed E-state index contributed by atoms with van der Waals surface area (Å²) in [5.41, 5.74) is -3.57. The normalized spacial score (nSPS) is 45.5. The Bertz CT molecular complexity index is 1200. The Kier molecular flexibility index (Phi) is 11.8. The molecule has 0 aromatic carbocycles. The van der Waals surface area contributed by atoms with Crippen molar-refractivity contribution in [2.24, 2.45) is 29.1 Å². The Balaban J connectivity index is 1.48. The van der Waals surface area contributed by atoms with Crippen LogP contribution in [-0.2, 0) is 33.3 Å². The van der Waals surface area contributed by atoms with E-state index in [4.69, 9.17) is 23.7 Å². The van der Waals surface area contributed by atoms with Crippen LogP contribution in [0.25, 0.3) is 0 Å². The molecule has 0 radical (unpaired) electrons. The monoisotopic (exact) mass is 693 g/mol. The molecule has 6 fully saturated rings. The lowest BCUT2D eigenvalue weighted by Gasteiger charge is -2.49. The highest BCUT2D eigenvalue weighted by Crippen LogP contribution is 2.44. The first kappa shape index (κ1) is 38.4. The Hall–Kier alpha value is -1.83. The van der Waals surface area contributed by atoms with Crippen molar-refractivity contribution in [3.8, 4) is 0 Å². The Labute approximate surface area is 293 Å². The molecular formula is C37H63N3O9. The molecule has 12 nitrogen and oxygen atoms in total. The molecule has 6 aliphatic rings. The molecule has 1 aliphatic carbocycles. The molecule has 13 atom stereocenters. The van der Waals surface area contributed by atoms with Gasteiger partial charge in [0.05, 0.1) is 23.9 Å². The van der Waals surface area contributed by atoms with Crippen molar-refractivity contribution < 1.29 is 43.2 Å². The van der Waals surface area contributed by atoms with Crippen molar-refractivity contribution in [1.29, 1.82) is 0 Å². The lowest BCUT2D eigenvalue weighted by Crippen LogP contribution is -2.62. The first-order valence-electron chi connectivity index (χ1n) is 18.8. The van der Waals surface area contributed by atoms with E-state index in [9.17, 15) is 19.5 Å². The molecule has 5 heterocycles. The van der Waals surface area contributed by atoms with Gasteiger partial charge in [-0.15, -0.1) is 0 Å². The second-order valence-electron chi connectivity index (χ2n) is 16.8. The summed E-state index contributed by atoms with van der Waals surface area (Å²) in [7, 11) is 3.89. The molecule has 12 heteroatoms. The van der Waals surface area contributed by atoms with E-state index in [0.29, 0.717) is 25.8 Å². The van der Waals surface area contributed by atoms with Crippen LogP contribution in [-0.4, -0.2) is 116 Å². The van der Waals surface area contributed by atoms with E-state index >= 15 is 0 Å². The maximum atomic E-state index is 14.7. The van der Waals surface area contributed by atoms with Gasteiger partial charge in [0, 0.05) is 25.1 Å². The molecule has 5 aliphatic heterocycles. The van der Waals surface area contributed by atoms with E-state index in [1.54, 1.807) is 13.8 Å². The van der Waals surface area contributed by atoms with Gasteiger partial charge in [0.2, 0.25) is 0 Å². The predicted octanol–water partition coefficient (Wildman–Crippen LogP) is 3.81. The molecule has 0 spiro atoms. The third-order valence-electron chi connectivity index (χ3n) is 12.3. The number of esters is 1. The van der Waals surface area contributed by atoms with Gasteiger partial charge in [0.1, 0.15) is 17.6 Å². The molecule has 280 valence electrons. The molecule has 0 aromatic heterocycles. The highest BCUT2D eigenvalue weighted by Gasteiger charge is 2.58. The largest absolute Gasteiger partial charge is 0.457 e. The van der Waals surface area contributed by atoms with E-state index < -0.39 is 59.2 Å². The van der Waals surface area contributed by atoms with Crippen molar-refractivity contribution in [3.05, 3.63) is 0 Å². The summed E-state index contributed by atoms with van der Waals surface area (Å²) < 4.78 is 32.1. The molecule has 0 aromatic rings. The van der Waals surface area contributed by atoms with Gasteiger partial charge in [-0.2, -0.15) is 0 Å². The summed E-state index contributed by atoms with van der Waals surface area (Å²) in [5, 5.41) is 18.2. The second kappa shape index (κ2) is 15.0.